The van der Waals surface area contributed by atoms with Crippen molar-refractivity contribution in [3.63, 3.8) is 0 Å². The molecule has 1 unspecified atom stereocenters. The van der Waals surface area contributed by atoms with E-state index in [1.807, 2.05) is 27.7 Å². The standard InChI is InChI=1S/C13H18BBrO5/c1-12(2)13(3,4)20-14(19-12)8(7-10(16)17)11-9(15)5-6-18-11/h5-6,8H,7H2,1-4H3,(H,16,17). The van der Waals surface area contributed by atoms with E-state index in [2.05, 4.69) is 15.9 Å². The quantitative estimate of drug-likeness (QED) is 0.849. The van der Waals surface area contributed by atoms with E-state index in [4.69, 9.17) is 18.8 Å². The first-order valence-corrected chi connectivity index (χ1v) is 7.24. The Kier molecular flexibility index (Phi) is 4.06. The molecular weight excluding hydrogens is 327 g/mol. The maximum Gasteiger partial charge on any atom is 0.469 e. The van der Waals surface area contributed by atoms with Gasteiger partial charge in [-0.1, -0.05) is 0 Å². The third-order valence-electron chi connectivity index (χ3n) is 3.98. The molecule has 110 valence electrons. The number of rotatable bonds is 4. The molecule has 0 radical (unpaired) electrons. The Labute approximate surface area is 126 Å². The highest BCUT2D eigenvalue weighted by Crippen LogP contribution is 2.43. The second-order valence-corrected chi connectivity index (χ2v) is 6.82. The van der Waals surface area contributed by atoms with E-state index in [0.29, 0.717) is 5.76 Å². The molecule has 0 saturated carbocycles. The zero-order chi connectivity index (χ0) is 15.1. The molecule has 1 saturated heterocycles. The van der Waals surface area contributed by atoms with Crippen molar-refractivity contribution in [2.75, 3.05) is 0 Å². The molecule has 1 fully saturated rings. The van der Waals surface area contributed by atoms with Crippen LogP contribution in [0.25, 0.3) is 0 Å². The molecule has 0 bridgehead atoms. The van der Waals surface area contributed by atoms with Crippen LogP contribution in [-0.2, 0) is 14.1 Å². The van der Waals surface area contributed by atoms with Crippen LogP contribution >= 0.6 is 15.9 Å². The molecule has 20 heavy (non-hydrogen) atoms. The van der Waals surface area contributed by atoms with Gasteiger partial charge in [0.1, 0.15) is 5.76 Å². The van der Waals surface area contributed by atoms with Gasteiger partial charge < -0.3 is 18.8 Å². The Bertz CT molecular complexity index is 495. The van der Waals surface area contributed by atoms with Gasteiger partial charge in [-0.3, -0.25) is 4.79 Å². The largest absolute Gasteiger partial charge is 0.481 e. The van der Waals surface area contributed by atoms with Crippen LogP contribution < -0.4 is 0 Å². The molecule has 5 nitrogen and oxygen atoms in total. The van der Waals surface area contributed by atoms with Crippen molar-refractivity contribution in [1.82, 2.24) is 0 Å². The second-order valence-electron chi connectivity index (χ2n) is 5.96. The first kappa shape index (κ1) is 15.6. The Balaban J connectivity index is 2.30. The van der Waals surface area contributed by atoms with Crippen LogP contribution in [-0.4, -0.2) is 29.4 Å². The average molecular weight is 345 g/mol. The molecule has 1 aliphatic rings. The minimum absolute atomic E-state index is 0.122. The van der Waals surface area contributed by atoms with Crippen LogP contribution in [0.4, 0.5) is 0 Å². The summed E-state index contributed by atoms with van der Waals surface area (Å²) in [5, 5.41) is 9.13. The minimum Gasteiger partial charge on any atom is -0.481 e. The van der Waals surface area contributed by atoms with Gasteiger partial charge in [-0.2, -0.15) is 0 Å². The highest BCUT2D eigenvalue weighted by molar-refractivity contribution is 9.10. The summed E-state index contributed by atoms with van der Waals surface area (Å²) in [6, 6.07) is 1.73. The maximum absolute atomic E-state index is 11.1. The molecule has 1 aromatic heterocycles. The normalized spacial score (nSPS) is 21.9. The summed E-state index contributed by atoms with van der Waals surface area (Å²) < 4.78 is 18.0. The fraction of sp³-hybridized carbons (Fsp3) is 0.615. The van der Waals surface area contributed by atoms with Crippen LogP contribution in [0.15, 0.2) is 21.2 Å². The fourth-order valence-corrected chi connectivity index (χ4v) is 2.62. The van der Waals surface area contributed by atoms with E-state index >= 15 is 0 Å². The Morgan fingerprint density at radius 3 is 2.30 bits per heavy atom. The minimum atomic E-state index is -0.923. The summed E-state index contributed by atoms with van der Waals surface area (Å²) in [7, 11) is -0.654. The van der Waals surface area contributed by atoms with Gasteiger partial charge in [0.15, 0.2) is 0 Å². The summed E-state index contributed by atoms with van der Waals surface area (Å²) in [5.41, 5.74) is -1.01. The Morgan fingerprint density at radius 1 is 1.35 bits per heavy atom. The number of carboxylic acid groups (broad SMARTS) is 1. The number of hydrogen-bond acceptors (Lipinski definition) is 4. The number of furan rings is 1. The SMILES string of the molecule is CC1(C)OB(C(CC(=O)O)c2occc2Br)OC1(C)C. The lowest BCUT2D eigenvalue weighted by molar-refractivity contribution is -0.137. The van der Waals surface area contributed by atoms with Crippen LogP contribution in [0.5, 0.6) is 0 Å². The maximum atomic E-state index is 11.1. The molecule has 0 amide bonds. The Morgan fingerprint density at radius 2 is 1.90 bits per heavy atom. The first-order valence-electron chi connectivity index (χ1n) is 6.44. The van der Waals surface area contributed by atoms with Crippen molar-refractivity contribution >= 4 is 29.0 Å². The van der Waals surface area contributed by atoms with Gasteiger partial charge in [-0.25, -0.2) is 0 Å². The van der Waals surface area contributed by atoms with Gasteiger partial charge in [0.05, 0.1) is 34.2 Å². The third kappa shape index (κ3) is 2.80. The number of halogens is 1. The molecular formula is C13H18BBrO5. The predicted octanol–water partition coefficient (Wildman–Crippen LogP) is 3.23. The van der Waals surface area contributed by atoms with Crippen molar-refractivity contribution < 1.29 is 23.6 Å². The van der Waals surface area contributed by atoms with E-state index in [-0.39, 0.29) is 6.42 Å². The third-order valence-corrected chi connectivity index (χ3v) is 4.63. The van der Waals surface area contributed by atoms with Gasteiger partial charge in [0.25, 0.3) is 0 Å². The summed E-state index contributed by atoms with van der Waals surface area (Å²) >= 11 is 3.36. The summed E-state index contributed by atoms with van der Waals surface area (Å²) in [6.07, 6.45) is 1.39. The predicted molar refractivity (Wildman–Crippen MR) is 77.5 cm³/mol. The second kappa shape index (κ2) is 5.20. The van der Waals surface area contributed by atoms with Gasteiger partial charge >= 0.3 is 13.1 Å². The van der Waals surface area contributed by atoms with E-state index < -0.39 is 30.1 Å². The topological polar surface area (TPSA) is 68.9 Å². The monoisotopic (exact) mass is 344 g/mol. The first-order chi connectivity index (χ1) is 9.14. The molecule has 0 aromatic carbocycles. The lowest BCUT2D eigenvalue weighted by Gasteiger charge is -2.32. The van der Waals surface area contributed by atoms with Crippen molar-refractivity contribution in [2.45, 2.75) is 51.1 Å². The van der Waals surface area contributed by atoms with E-state index in [1.165, 1.54) is 6.26 Å². The van der Waals surface area contributed by atoms with Crippen LogP contribution in [0.2, 0.25) is 0 Å². The smallest absolute Gasteiger partial charge is 0.469 e. The van der Waals surface area contributed by atoms with Gasteiger partial charge in [-0.05, 0) is 49.7 Å². The lowest BCUT2D eigenvalue weighted by Crippen LogP contribution is -2.41. The molecule has 2 heterocycles. The van der Waals surface area contributed by atoms with Crippen LogP contribution in [0.3, 0.4) is 0 Å². The molecule has 1 aromatic rings. The highest BCUT2D eigenvalue weighted by atomic mass is 79.9. The lowest BCUT2D eigenvalue weighted by atomic mass is 9.68. The summed E-state index contributed by atoms with van der Waals surface area (Å²) in [4.78, 5) is 11.1. The molecule has 1 atom stereocenters. The van der Waals surface area contributed by atoms with Gasteiger partial charge in [0.2, 0.25) is 0 Å². The summed E-state index contributed by atoms with van der Waals surface area (Å²) in [6.45, 7) is 7.73. The molecule has 7 heteroatoms. The van der Waals surface area contributed by atoms with Crippen LogP contribution in [0.1, 0.15) is 45.7 Å². The van der Waals surface area contributed by atoms with Crippen molar-refractivity contribution in [1.29, 1.82) is 0 Å². The molecule has 1 aliphatic heterocycles. The average Bonchev–Trinajstić information content (AvgIpc) is 2.78. The number of carbonyl (C=O) groups is 1. The van der Waals surface area contributed by atoms with Crippen molar-refractivity contribution in [2.24, 2.45) is 0 Å². The molecule has 0 aliphatic carbocycles. The molecule has 1 N–H and O–H groups in total. The van der Waals surface area contributed by atoms with E-state index in [9.17, 15) is 4.79 Å². The van der Waals surface area contributed by atoms with Crippen molar-refractivity contribution in [3.8, 4) is 0 Å². The number of carboxylic acids is 1. The number of hydrogen-bond donors (Lipinski definition) is 1. The van der Waals surface area contributed by atoms with Gasteiger partial charge in [0, 0.05) is 0 Å². The van der Waals surface area contributed by atoms with Gasteiger partial charge in [-0.15, -0.1) is 0 Å². The molecule has 2 rings (SSSR count). The Hall–Kier alpha value is -0.785. The highest BCUT2D eigenvalue weighted by Gasteiger charge is 2.55. The van der Waals surface area contributed by atoms with Crippen LogP contribution in [0, 0.1) is 0 Å². The number of aliphatic carboxylic acids is 1. The van der Waals surface area contributed by atoms with E-state index in [0.717, 1.165) is 4.47 Å². The van der Waals surface area contributed by atoms with Crippen molar-refractivity contribution in [3.05, 3.63) is 22.6 Å². The summed E-state index contributed by atoms with van der Waals surface area (Å²) in [5.74, 6) is -0.892. The fourth-order valence-electron chi connectivity index (χ4n) is 2.12. The zero-order valence-corrected chi connectivity index (χ0v) is 13.6. The van der Waals surface area contributed by atoms with E-state index in [1.54, 1.807) is 6.07 Å². The zero-order valence-electron chi connectivity index (χ0n) is 12.0. The molecule has 0 spiro atoms.